The molecule has 3 N–H and O–H groups in total. The van der Waals surface area contributed by atoms with Crippen LogP contribution >= 0.6 is 0 Å². The summed E-state index contributed by atoms with van der Waals surface area (Å²) in [5.74, 6) is -2.71. The Morgan fingerprint density at radius 2 is 2.05 bits per heavy atom. The molecule has 0 unspecified atom stereocenters. The molecule has 1 aromatic rings. The molecule has 8 heteroatoms. The summed E-state index contributed by atoms with van der Waals surface area (Å²) in [4.78, 5) is 33.6. The van der Waals surface area contributed by atoms with Crippen LogP contribution in [0.5, 0.6) is 0 Å². The second-order valence-corrected chi connectivity index (χ2v) is 4.64. The monoisotopic (exact) mass is 297 g/mol. The quantitative estimate of drug-likeness (QED) is 0.647. The first-order valence-corrected chi connectivity index (χ1v) is 6.65. The molecule has 0 bridgehead atoms. The maximum atomic E-state index is 12.1. The molecule has 0 saturated heterocycles. The van der Waals surface area contributed by atoms with Crippen LogP contribution in [-0.4, -0.2) is 43.9 Å². The van der Waals surface area contributed by atoms with Crippen LogP contribution < -0.4 is 5.32 Å². The van der Waals surface area contributed by atoms with E-state index in [2.05, 4.69) is 10.4 Å². The molecule has 0 aliphatic rings. The highest BCUT2D eigenvalue weighted by Crippen LogP contribution is 2.07. The molecule has 8 nitrogen and oxygen atoms in total. The van der Waals surface area contributed by atoms with E-state index in [4.69, 9.17) is 10.2 Å². The van der Waals surface area contributed by atoms with Crippen molar-refractivity contribution in [3.8, 4) is 0 Å². The van der Waals surface area contributed by atoms with Crippen molar-refractivity contribution in [1.82, 2.24) is 15.1 Å². The summed E-state index contributed by atoms with van der Waals surface area (Å²) in [6.45, 7) is 4.06. The number of aryl methyl sites for hydroxylation is 2. The van der Waals surface area contributed by atoms with Gasteiger partial charge in [-0.25, -0.2) is 4.79 Å². The van der Waals surface area contributed by atoms with E-state index in [1.54, 1.807) is 13.0 Å². The van der Waals surface area contributed by atoms with E-state index in [0.29, 0.717) is 17.9 Å². The van der Waals surface area contributed by atoms with Crippen LogP contribution in [0.15, 0.2) is 6.07 Å². The van der Waals surface area contributed by atoms with E-state index < -0.39 is 23.9 Å². The lowest BCUT2D eigenvalue weighted by molar-refractivity contribution is -0.140. The molecule has 1 amide bonds. The number of amides is 1. The van der Waals surface area contributed by atoms with Gasteiger partial charge in [0.15, 0.2) is 0 Å². The van der Waals surface area contributed by atoms with E-state index in [1.165, 1.54) is 4.68 Å². The fraction of sp³-hybridized carbons (Fsp3) is 0.538. The van der Waals surface area contributed by atoms with Crippen LogP contribution in [0.25, 0.3) is 0 Å². The van der Waals surface area contributed by atoms with Crippen LogP contribution in [0.2, 0.25) is 0 Å². The third-order valence-electron chi connectivity index (χ3n) is 2.92. The number of aromatic nitrogens is 2. The van der Waals surface area contributed by atoms with Crippen molar-refractivity contribution >= 4 is 17.8 Å². The van der Waals surface area contributed by atoms with Gasteiger partial charge in [-0.1, -0.05) is 0 Å². The number of hydrogen-bond acceptors (Lipinski definition) is 4. The predicted molar refractivity (Wildman–Crippen MR) is 73.0 cm³/mol. The minimum Gasteiger partial charge on any atom is -0.481 e. The van der Waals surface area contributed by atoms with E-state index in [0.717, 1.165) is 0 Å². The standard InChI is InChI=1S/C13H19N3O5/c1-3-16-10(7-8(2)15-16)12(19)14-9(13(20)21)5-4-6-11(17)18/h7,9H,3-6H2,1-2H3,(H,14,19)(H,17,18)(H,20,21)/t9-/m1/s1. The minimum absolute atomic E-state index is 0.0621. The smallest absolute Gasteiger partial charge is 0.326 e. The van der Waals surface area contributed by atoms with Gasteiger partial charge in [-0.05, 0) is 32.8 Å². The molecule has 1 aromatic heterocycles. The molecule has 0 aliphatic carbocycles. The maximum absolute atomic E-state index is 12.1. The lowest BCUT2D eigenvalue weighted by atomic mass is 10.1. The highest BCUT2D eigenvalue weighted by atomic mass is 16.4. The minimum atomic E-state index is -1.19. The van der Waals surface area contributed by atoms with Gasteiger partial charge < -0.3 is 15.5 Å². The number of carboxylic acids is 2. The van der Waals surface area contributed by atoms with Gasteiger partial charge in [0.2, 0.25) is 0 Å². The molecule has 0 fully saturated rings. The van der Waals surface area contributed by atoms with Crippen molar-refractivity contribution in [3.63, 3.8) is 0 Å². The highest BCUT2D eigenvalue weighted by Gasteiger charge is 2.22. The molecular formula is C13H19N3O5. The summed E-state index contributed by atoms with van der Waals surface area (Å²) in [5.41, 5.74) is 0.958. The lowest BCUT2D eigenvalue weighted by Gasteiger charge is -2.14. The average molecular weight is 297 g/mol. The first kappa shape index (κ1) is 16.7. The zero-order valence-corrected chi connectivity index (χ0v) is 12.0. The van der Waals surface area contributed by atoms with Gasteiger partial charge in [0, 0.05) is 13.0 Å². The van der Waals surface area contributed by atoms with Gasteiger partial charge in [0.25, 0.3) is 5.91 Å². The normalized spacial score (nSPS) is 11.9. The third kappa shape index (κ3) is 4.90. The summed E-state index contributed by atoms with van der Waals surface area (Å²) < 4.78 is 1.49. The molecule has 1 heterocycles. The van der Waals surface area contributed by atoms with Crippen molar-refractivity contribution < 1.29 is 24.6 Å². The zero-order chi connectivity index (χ0) is 16.0. The van der Waals surface area contributed by atoms with Crippen molar-refractivity contribution in [2.45, 2.75) is 45.7 Å². The summed E-state index contributed by atoms with van der Waals surface area (Å²) in [5, 5.41) is 24.2. The van der Waals surface area contributed by atoms with Crippen molar-refractivity contribution in [2.24, 2.45) is 0 Å². The first-order chi connectivity index (χ1) is 9.85. The number of carboxylic acid groups (broad SMARTS) is 2. The molecule has 116 valence electrons. The number of rotatable bonds is 8. The molecule has 21 heavy (non-hydrogen) atoms. The summed E-state index contributed by atoms with van der Waals surface area (Å²) >= 11 is 0. The van der Waals surface area contributed by atoms with Crippen molar-refractivity contribution in [2.75, 3.05) is 0 Å². The summed E-state index contributed by atoms with van der Waals surface area (Å²) in [6.07, 6.45) is 0.108. The Hall–Kier alpha value is -2.38. The SMILES string of the molecule is CCn1nc(C)cc1C(=O)N[C@H](CCCC(=O)O)C(=O)O. The fourth-order valence-electron chi connectivity index (χ4n) is 1.92. The number of nitrogens with zero attached hydrogens (tertiary/aromatic N) is 2. The Bertz CT molecular complexity index is 538. The van der Waals surface area contributed by atoms with Crippen LogP contribution in [0, 0.1) is 6.92 Å². The van der Waals surface area contributed by atoms with Crippen LogP contribution in [0.4, 0.5) is 0 Å². The van der Waals surface area contributed by atoms with Gasteiger partial charge in [0.1, 0.15) is 11.7 Å². The van der Waals surface area contributed by atoms with Gasteiger partial charge in [-0.2, -0.15) is 5.10 Å². The Kier molecular flexibility index (Phi) is 5.89. The molecule has 0 radical (unpaired) electrons. The van der Waals surface area contributed by atoms with Gasteiger partial charge in [-0.15, -0.1) is 0 Å². The molecule has 1 atom stereocenters. The van der Waals surface area contributed by atoms with Crippen molar-refractivity contribution in [3.05, 3.63) is 17.5 Å². The predicted octanol–water partition coefficient (Wildman–Crippen LogP) is 0.649. The van der Waals surface area contributed by atoms with Crippen molar-refractivity contribution in [1.29, 1.82) is 0 Å². The Morgan fingerprint density at radius 3 is 2.57 bits per heavy atom. The molecule has 0 aromatic carbocycles. The molecule has 0 aliphatic heterocycles. The lowest BCUT2D eigenvalue weighted by Crippen LogP contribution is -2.41. The third-order valence-corrected chi connectivity index (χ3v) is 2.92. The van der Waals surface area contributed by atoms with Crippen LogP contribution in [0.3, 0.4) is 0 Å². The molecule has 0 saturated carbocycles. The van der Waals surface area contributed by atoms with Crippen LogP contribution in [-0.2, 0) is 16.1 Å². The number of nitrogens with one attached hydrogen (secondary N) is 1. The number of carbonyl (C=O) groups excluding carboxylic acids is 1. The first-order valence-electron chi connectivity index (χ1n) is 6.65. The van der Waals surface area contributed by atoms with Gasteiger partial charge in [-0.3, -0.25) is 14.3 Å². The second kappa shape index (κ2) is 7.41. The van der Waals surface area contributed by atoms with Gasteiger partial charge >= 0.3 is 11.9 Å². The molecule has 0 spiro atoms. The topological polar surface area (TPSA) is 122 Å². The highest BCUT2D eigenvalue weighted by molar-refractivity contribution is 5.95. The number of carbonyl (C=O) groups is 3. The maximum Gasteiger partial charge on any atom is 0.326 e. The molecular weight excluding hydrogens is 278 g/mol. The van der Waals surface area contributed by atoms with Crippen LogP contribution in [0.1, 0.15) is 42.4 Å². The van der Waals surface area contributed by atoms with E-state index in [-0.39, 0.29) is 19.3 Å². The summed E-state index contributed by atoms with van der Waals surface area (Å²) in [7, 11) is 0. The Balaban J connectivity index is 2.71. The second-order valence-electron chi connectivity index (χ2n) is 4.64. The summed E-state index contributed by atoms with van der Waals surface area (Å²) in [6, 6.07) is 0.465. The fourth-order valence-corrected chi connectivity index (χ4v) is 1.92. The Labute approximate surface area is 121 Å². The number of aliphatic carboxylic acids is 2. The van der Waals surface area contributed by atoms with E-state index >= 15 is 0 Å². The zero-order valence-electron chi connectivity index (χ0n) is 12.0. The molecule has 1 rings (SSSR count). The van der Waals surface area contributed by atoms with E-state index in [9.17, 15) is 14.4 Å². The Morgan fingerprint density at radius 1 is 1.38 bits per heavy atom. The largest absolute Gasteiger partial charge is 0.481 e. The number of hydrogen-bond donors (Lipinski definition) is 3. The van der Waals surface area contributed by atoms with Gasteiger partial charge in [0.05, 0.1) is 5.69 Å². The average Bonchev–Trinajstić information content (AvgIpc) is 2.78. The van der Waals surface area contributed by atoms with E-state index in [1.807, 2.05) is 6.92 Å².